The van der Waals surface area contributed by atoms with Crippen molar-refractivity contribution in [3.8, 4) is 0 Å². The molecule has 7 nitrogen and oxygen atoms in total. The Labute approximate surface area is 132 Å². The minimum Gasteiger partial charge on any atom is -0.484 e. The van der Waals surface area contributed by atoms with E-state index in [9.17, 15) is 4.79 Å². The van der Waals surface area contributed by atoms with Gasteiger partial charge in [0.25, 0.3) is 0 Å². The Morgan fingerprint density at radius 2 is 1.74 bits per heavy atom. The first-order chi connectivity index (χ1) is 11.3. The van der Waals surface area contributed by atoms with E-state index in [-0.39, 0.29) is 32.0 Å². The number of aromatic nitrogens is 2. The number of ether oxygens (including phenoxy) is 3. The molecule has 0 aliphatic carbocycles. The van der Waals surface area contributed by atoms with Crippen molar-refractivity contribution in [2.45, 2.75) is 25.7 Å². The molecule has 0 fully saturated rings. The molecule has 122 valence electrons. The molecule has 1 atom stereocenters. The molecular formula is C16H18N2O5. The molecule has 1 aliphatic rings. The van der Waals surface area contributed by atoms with E-state index in [0.29, 0.717) is 5.76 Å². The number of carbonyl (C=O) groups is 1. The van der Waals surface area contributed by atoms with E-state index in [2.05, 4.69) is 9.97 Å². The van der Waals surface area contributed by atoms with E-state index < -0.39 is 12.1 Å². The fraction of sp³-hybridized carbons (Fsp3) is 0.312. The number of rotatable bonds is 8. The van der Waals surface area contributed by atoms with Crippen LogP contribution in [0.3, 0.4) is 0 Å². The normalized spacial score (nSPS) is 17.4. The number of hydrogen-bond donors (Lipinski definition) is 3. The van der Waals surface area contributed by atoms with Gasteiger partial charge in [-0.05, 0) is 24.3 Å². The van der Waals surface area contributed by atoms with E-state index in [1.807, 2.05) is 24.3 Å². The molecular weight excluding hydrogens is 300 g/mol. The maximum absolute atomic E-state index is 12.0. The highest BCUT2D eigenvalue weighted by molar-refractivity contribution is 5.89. The maximum Gasteiger partial charge on any atom is 0.378 e. The number of aliphatic hydroxyl groups excluding tert-OH is 1. The molecule has 0 aromatic carbocycles. The largest absolute Gasteiger partial charge is 0.484 e. The van der Waals surface area contributed by atoms with Crippen molar-refractivity contribution < 1.29 is 24.1 Å². The van der Waals surface area contributed by atoms with Crippen LogP contribution in [0.1, 0.15) is 17.8 Å². The highest BCUT2D eigenvalue weighted by atomic mass is 16.6. The fourth-order valence-corrected chi connectivity index (χ4v) is 2.30. The SMILES string of the molecule is O=C1OC(CCO)C(OCc2ccc[nH]2)=C1OCc1ccc[nH]1. The van der Waals surface area contributed by atoms with Gasteiger partial charge in [-0.25, -0.2) is 4.79 Å². The molecule has 0 spiro atoms. The van der Waals surface area contributed by atoms with Crippen molar-refractivity contribution in [2.75, 3.05) is 6.61 Å². The van der Waals surface area contributed by atoms with Crippen LogP contribution < -0.4 is 0 Å². The van der Waals surface area contributed by atoms with Gasteiger partial charge < -0.3 is 29.3 Å². The third-order valence-corrected chi connectivity index (χ3v) is 3.42. The third-order valence-electron chi connectivity index (χ3n) is 3.42. The topological polar surface area (TPSA) is 96.6 Å². The third kappa shape index (κ3) is 3.57. The number of nitrogens with one attached hydrogen (secondary N) is 2. The zero-order chi connectivity index (χ0) is 16.1. The molecule has 7 heteroatoms. The van der Waals surface area contributed by atoms with Crippen molar-refractivity contribution in [1.29, 1.82) is 0 Å². The van der Waals surface area contributed by atoms with Crippen LogP contribution >= 0.6 is 0 Å². The van der Waals surface area contributed by atoms with Crippen LogP contribution in [0.5, 0.6) is 0 Å². The number of esters is 1. The van der Waals surface area contributed by atoms with Crippen LogP contribution in [0.25, 0.3) is 0 Å². The Bertz CT molecular complexity index is 661. The first-order valence-corrected chi connectivity index (χ1v) is 7.34. The zero-order valence-corrected chi connectivity index (χ0v) is 12.5. The standard InChI is InChI=1S/C16H18N2O5/c19-8-5-13-14(21-9-11-3-1-6-17-11)15(16(20)23-13)22-10-12-4-2-7-18-12/h1-4,6-7,13,17-19H,5,8-10H2. The van der Waals surface area contributed by atoms with Gasteiger partial charge >= 0.3 is 5.97 Å². The van der Waals surface area contributed by atoms with Gasteiger partial charge in [-0.1, -0.05) is 0 Å². The summed E-state index contributed by atoms with van der Waals surface area (Å²) in [6, 6.07) is 7.43. The van der Waals surface area contributed by atoms with Gasteiger partial charge in [0.2, 0.25) is 5.76 Å². The predicted molar refractivity (Wildman–Crippen MR) is 79.8 cm³/mol. The van der Waals surface area contributed by atoms with Gasteiger partial charge in [-0.3, -0.25) is 0 Å². The average Bonchev–Trinajstić information content (AvgIpc) is 3.26. The molecule has 0 saturated heterocycles. The zero-order valence-electron chi connectivity index (χ0n) is 12.5. The lowest BCUT2D eigenvalue weighted by atomic mass is 10.2. The summed E-state index contributed by atoms with van der Waals surface area (Å²) in [6.07, 6.45) is 3.21. The molecule has 2 aromatic rings. The highest BCUT2D eigenvalue weighted by Crippen LogP contribution is 2.28. The number of aliphatic hydroxyl groups is 1. The van der Waals surface area contributed by atoms with Crippen molar-refractivity contribution in [2.24, 2.45) is 0 Å². The van der Waals surface area contributed by atoms with Gasteiger partial charge in [0.15, 0.2) is 11.9 Å². The van der Waals surface area contributed by atoms with E-state index in [1.54, 1.807) is 12.4 Å². The van der Waals surface area contributed by atoms with E-state index in [1.165, 1.54) is 0 Å². The number of aromatic amines is 2. The van der Waals surface area contributed by atoms with Crippen molar-refractivity contribution in [3.63, 3.8) is 0 Å². The van der Waals surface area contributed by atoms with Crippen LogP contribution in [-0.4, -0.2) is 33.8 Å². The summed E-state index contributed by atoms with van der Waals surface area (Å²) in [7, 11) is 0. The lowest BCUT2D eigenvalue weighted by Gasteiger charge is -2.13. The predicted octanol–water partition coefficient (Wildman–Crippen LogP) is 1.60. The second-order valence-corrected chi connectivity index (χ2v) is 5.07. The lowest BCUT2D eigenvalue weighted by Crippen LogP contribution is -2.15. The van der Waals surface area contributed by atoms with E-state index >= 15 is 0 Å². The Morgan fingerprint density at radius 1 is 1.09 bits per heavy atom. The second kappa shape index (κ2) is 7.06. The molecule has 3 N–H and O–H groups in total. The number of hydrogen-bond acceptors (Lipinski definition) is 5. The van der Waals surface area contributed by atoms with E-state index in [4.69, 9.17) is 19.3 Å². The summed E-state index contributed by atoms with van der Waals surface area (Å²) in [6.45, 7) is 0.353. The lowest BCUT2D eigenvalue weighted by molar-refractivity contribution is -0.143. The summed E-state index contributed by atoms with van der Waals surface area (Å²) < 4.78 is 16.5. The number of carbonyl (C=O) groups excluding carboxylic acids is 1. The Hall–Kier alpha value is -2.67. The summed E-state index contributed by atoms with van der Waals surface area (Å²) in [5.74, 6) is -0.189. The summed E-state index contributed by atoms with van der Waals surface area (Å²) in [5.41, 5.74) is 1.70. The Kier molecular flexibility index (Phi) is 4.68. The van der Waals surface area contributed by atoms with Crippen LogP contribution in [0.2, 0.25) is 0 Å². The molecule has 3 heterocycles. The van der Waals surface area contributed by atoms with E-state index in [0.717, 1.165) is 11.4 Å². The van der Waals surface area contributed by atoms with Gasteiger partial charge in [0, 0.05) is 25.4 Å². The smallest absolute Gasteiger partial charge is 0.378 e. The Balaban J connectivity index is 1.73. The van der Waals surface area contributed by atoms with Gasteiger partial charge in [0.05, 0.1) is 11.4 Å². The number of H-pyrrole nitrogens is 2. The van der Waals surface area contributed by atoms with Gasteiger partial charge in [-0.2, -0.15) is 0 Å². The van der Waals surface area contributed by atoms with Gasteiger partial charge in [0.1, 0.15) is 13.2 Å². The molecule has 0 radical (unpaired) electrons. The molecule has 0 saturated carbocycles. The first-order valence-electron chi connectivity index (χ1n) is 7.34. The quantitative estimate of drug-likeness (QED) is 0.642. The molecule has 3 rings (SSSR count). The molecule has 2 aromatic heterocycles. The molecule has 1 aliphatic heterocycles. The molecule has 0 bridgehead atoms. The second-order valence-electron chi connectivity index (χ2n) is 5.07. The molecule has 23 heavy (non-hydrogen) atoms. The number of cyclic esters (lactones) is 1. The summed E-state index contributed by atoms with van der Waals surface area (Å²) >= 11 is 0. The minimum absolute atomic E-state index is 0.0598. The van der Waals surface area contributed by atoms with Crippen LogP contribution in [0.4, 0.5) is 0 Å². The van der Waals surface area contributed by atoms with Crippen LogP contribution in [0, 0.1) is 0 Å². The first kappa shape index (κ1) is 15.2. The van der Waals surface area contributed by atoms with Crippen LogP contribution in [-0.2, 0) is 32.2 Å². The van der Waals surface area contributed by atoms with Crippen molar-refractivity contribution in [3.05, 3.63) is 59.6 Å². The molecule has 0 amide bonds. The average molecular weight is 318 g/mol. The van der Waals surface area contributed by atoms with Crippen molar-refractivity contribution >= 4 is 5.97 Å². The fourth-order valence-electron chi connectivity index (χ4n) is 2.30. The monoisotopic (exact) mass is 318 g/mol. The van der Waals surface area contributed by atoms with Gasteiger partial charge in [-0.15, -0.1) is 0 Å². The minimum atomic E-state index is -0.624. The maximum atomic E-state index is 12.0. The highest BCUT2D eigenvalue weighted by Gasteiger charge is 2.37. The van der Waals surface area contributed by atoms with Crippen molar-refractivity contribution in [1.82, 2.24) is 9.97 Å². The summed E-state index contributed by atoms with van der Waals surface area (Å²) in [4.78, 5) is 18.0. The summed E-state index contributed by atoms with van der Waals surface area (Å²) in [5, 5.41) is 9.13. The Morgan fingerprint density at radius 3 is 2.30 bits per heavy atom. The molecule has 1 unspecified atom stereocenters. The van der Waals surface area contributed by atoms with Crippen LogP contribution in [0.15, 0.2) is 48.2 Å².